The molecule has 0 aliphatic heterocycles. The summed E-state index contributed by atoms with van der Waals surface area (Å²) >= 11 is 0. The Morgan fingerprint density at radius 1 is 1.00 bits per heavy atom. The second-order valence-corrected chi connectivity index (χ2v) is 10.1. The average molecular weight is 406 g/mol. The molecule has 1 heterocycles. The van der Waals surface area contributed by atoms with Gasteiger partial charge >= 0.3 is 5.97 Å². The highest BCUT2D eigenvalue weighted by Gasteiger charge is 2.51. The van der Waals surface area contributed by atoms with Crippen LogP contribution in [0.15, 0.2) is 36.4 Å². The summed E-state index contributed by atoms with van der Waals surface area (Å²) in [5.74, 6) is 2.13. The molecule has 4 fully saturated rings. The molecule has 4 nitrogen and oxygen atoms in total. The number of Topliss-reactive ketones (excluding diaryl/α,β-unsaturated/α-hetero) is 1. The first-order valence-corrected chi connectivity index (χ1v) is 11.4. The van der Waals surface area contributed by atoms with Gasteiger partial charge in [-0.1, -0.05) is 18.2 Å². The molecule has 1 aromatic heterocycles. The van der Waals surface area contributed by atoms with Crippen LogP contribution in [0.25, 0.3) is 5.69 Å². The van der Waals surface area contributed by atoms with E-state index < -0.39 is 0 Å². The van der Waals surface area contributed by atoms with E-state index in [0.29, 0.717) is 12.0 Å². The van der Waals surface area contributed by atoms with Crippen molar-refractivity contribution in [1.29, 1.82) is 0 Å². The van der Waals surface area contributed by atoms with Gasteiger partial charge in [0.15, 0.2) is 6.61 Å². The molecule has 4 heteroatoms. The molecular formula is C26H31NO3. The van der Waals surface area contributed by atoms with Crippen LogP contribution in [-0.2, 0) is 9.53 Å². The molecule has 2 aromatic rings. The standard InChI is InChI=1S/C26H31NO3/c1-17-8-23(18(2)27(17)22-6-4-3-5-7-22)24(28)16-30-25(29)15-26-12-19-9-20(13-26)11-21(10-19)14-26/h3-8,19-21H,9-16H2,1-2H3. The summed E-state index contributed by atoms with van der Waals surface area (Å²) in [4.78, 5) is 25.5. The molecular weight excluding hydrogens is 374 g/mol. The van der Waals surface area contributed by atoms with Crippen molar-refractivity contribution < 1.29 is 14.3 Å². The van der Waals surface area contributed by atoms with E-state index in [1.165, 1.54) is 38.5 Å². The number of carbonyl (C=O) groups is 2. The molecule has 0 radical (unpaired) electrons. The molecule has 1 aromatic carbocycles. The average Bonchev–Trinajstić information content (AvgIpc) is 2.99. The van der Waals surface area contributed by atoms with E-state index in [1.807, 2.05) is 50.2 Å². The number of ether oxygens (including phenoxy) is 1. The van der Waals surface area contributed by atoms with Gasteiger partial charge in [0.05, 0.1) is 6.42 Å². The smallest absolute Gasteiger partial charge is 0.306 e. The van der Waals surface area contributed by atoms with Gasteiger partial charge in [-0.3, -0.25) is 9.59 Å². The van der Waals surface area contributed by atoms with Gasteiger partial charge in [0.25, 0.3) is 0 Å². The number of rotatable bonds is 6. The fourth-order valence-electron chi connectivity index (χ4n) is 7.11. The zero-order chi connectivity index (χ0) is 20.9. The number of para-hydroxylation sites is 1. The molecule has 4 saturated carbocycles. The predicted octanol–water partition coefficient (Wildman–Crippen LogP) is 5.43. The van der Waals surface area contributed by atoms with Gasteiger partial charge in [-0.2, -0.15) is 0 Å². The fourth-order valence-corrected chi connectivity index (χ4v) is 7.11. The molecule has 0 unspecified atom stereocenters. The van der Waals surface area contributed by atoms with Crippen molar-refractivity contribution in [1.82, 2.24) is 4.57 Å². The third kappa shape index (κ3) is 3.51. The number of esters is 1. The van der Waals surface area contributed by atoms with Gasteiger partial charge in [0, 0.05) is 22.6 Å². The van der Waals surface area contributed by atoms with E-state index in [9.17, 15) is 9.59 Å². The minimum absolute atomic E-state index is 0.121. The van der Waals surface area contributed by atoms with Crippen molar-refractivity contribution in [3.05, 3.63) is 53.3 Å². The Bertz CT molecular complexity index is 936. The Hall–Kier alpha value is -2.36. The first kappa shape index (κ1) is 19.6. The summed E-state index contributed by atoms with van der Waals surface area (Å²) in [6.45, 7) is 3.78. The van der Waals surface area contributed by atoms with E-state index in [2.05, 4.69) is 4.57 Å². The molecule has 0 spiro atoms. The Balaban J connectivity index is 1.23. The van der Waals surface area contributed by atoms with E-state index in [-0.39, 0.29) is 23.8 Å². The van der Waals surface area contributed by atoms with Crippen molar-refractivity contribution in [3.8, 4) is 5.69 Å². The largest absolute Gasteiger partial charge is 0.457 e. The maximum absolute atomic E-state index is 12.8. The van der Waals surface area contributed by atoms with E-state index in [1.54, 1.807) is 0 Å². The SMILES string of the molecule is Cc1cc(C(=O)COC(=O)CC23CC4CC(CC(C4)C2)C3)c(C)n1-c1ccccc1. The molecule has 4 bridgehead atoms. The summed E-state index contributed by atoms with van der Waals surface area (Å²) in [7, 11) is 0. The van der Waals surface area contributed by atoms with Gasteiger partial charge < -0.3 is 9.30 Å². The van der Waals surface area contributed by atoms with E-state index in [4.69, 9.17) is 4.74 Å². The van der Waals surface area contributed by atoms with Gasteiger partial charge in [0.2, 0.25) is 5.78 Å². The lowest BCUT2D eigenvalue weighted by atomic mass is 9.49. The van der Waals surface area contributed by atoms with Gasteiger partial charge in [-0.15, -0.1) is 0 Å². The van der Waals surface area contributed by atoms with Crippen molar-refractivity contribution in [2.75, 3.05) is 6.61 Å². The lowest BCUT2D eigenvalue weighted by molar-refractivity contribution is -0.150. The number of benzene rings is 1. The van der Waals surface area contributed by atoms with Gasteiger partial charge in [0.1, 0.15) is 0 Å². The zero-order valence-corrected chi connectivity index (χ0v) is 18.0. The first-order valence-electron chi connectivity index (χ1n) is 11.4. The number of aryl methyl sites for hydroxylation is 1. The van der Waals surface area contributed by atoms with Crippen LogP contribution in [0.2, 0.25) is 0 Å². The minimum atomic E-state index is -0.192. The van der Waals surface area contributed by atoms with E-state index >= 15 is 0 Å². The van der Waals surface area contributed by atoms with Crippen molar-refractivity contribution in [3.63, 3.8) is 0 Å². The quantitative estimate of drug-likeness (QED) is 0.476. The van der Waals surface area contributed by atoms with Crippen LogP contribution in [0.3, 0.4) is 0 Å². The molecule has 30 heavy (non-hydrogen) atoms. The number of hydrogen-bond acceptors (Lipinski definition) is 3. The maximum atomic E-state index is 12.8. The number of ketones is 1. The van der Waals surface area contributed by atoms with Crippen molar-refractivity contribution in [2.24, 2.45) is 23.2 Å². The van der Waals surface area contributed by atoms with Crippen LogP contribution < -0.4 is 0 Å². The normalized spacial score (nSPS) is 29.2. The third-order valence-corrected chi connectivity index (χ3v) is 7.79. The molecule has 4 aliphatic rings. The minimum Gasteiger partial charge on any atom is -0.457 e. The van der Waals surface area contributed by atoms with Crippen LogP contribution in [0.1, 0.15) is 66.7 Å². The Morgan fingerprint density at radius 3 is 2.20 bits per heavy atom. The van der Waals surface area contributed by atoms with Crippen molar-refractivity contribution in [2.45, 2.75) is 58.8 Å². The van der Waals surface area contributed by atoms with Crippen LogP contribution in [0, 0.1) is 37.0 Å². The van der Waals surface area contributed by atoms with Gasteiger partial charge in [-0.25, -0.2) is 0 Å². The fraction of sp³-hybridized carbons (Fsp3) is 0.538. The first-order chi connectivity index (χ1) is 14.4. The lowest BCUT2D eigenvalue weighted by Gasteiger charge is -2.56. The highest BCUT2D eigenvalue weighted by molar-refractivity contribution is 5.99. The highest BCUT2D eigenvalue weighted by Crippen LogP contribution is 2.61. The van der Waals surface area contributed by atoms with Crippen LogP contribution in [0.4, 0.5) is 0 Å². The number of hydrogen-bond donors (Lipinski definition) is 0. The number of nitrogens with zero attached hydrogens (tertiary/aromatic N) is 1. The monoisotopic (exact) mass is 405 g/mol. The maximum Gasteiger partial charge on any atom is 0.306 e. The number of carbonyl (C=O) groups excluding carboxylic acids is 2. The summed E-state index contributed by atoms with van der Waals surface area (Å²) in [5.41, 5.74) is 3.71. The summed E-state index contributed by atoms with van der Waals surface area (Å²) < 4.78 is 7.58. The molecule has 0 N–H and O–H groups in total. The van der Waals surface area contributed by atoms with Crippen LogP contribution in [-0.4, -0.2) is 22.9 Å². The van der Waals surface area contributed by atoms with Crippen LogP contribution in [0.5, 0.6) is 0 Å². The van der Waals surface area contributed by atoms with Gasteiger partial charge in [-0.05, 0) is 93.7 Å². The Labute approximate surface area is 178 Å². The van der Waals surface area contributed by atoms with Crippen molar-refractivity contribution >= 4 is 11.8 Å². The molecule has 158 valence electrons. The molecule has 0 amide bonds. The Morgan fingerprint density at radius 2 is 1.60 bits per heavy atom. The molecule has 0 atom stereocenters. The third-order valence-electron chi connectivity index (χ3n) is 7.79. The zero-order valence-electron chi connectivity index (χ0n) is 18.0. The molecule has 4 aliphatic carbocycles. The topological polar surface area (TPSA) is 48.3 Å². The van der Waals surface area contributed by atoms with Crippen LogP contribution >= 0.6 is 0 Å². The summed E-state index contributed by atoms with van der Waals surface area (Å²) in [6.07, 6.45) is 8.13. The highest BCUT2D eigenvalue weighted by atomic mass is 16.5. The summed E-state index contributed by atoms with van der Waals surface area (Å²) in [5, 5.41) is 0. The van der Waals surface area contributed by atoms with E-state index in [0.717, 1.165) is 34.8 Å². The second kappa shape index (κ2) is 7.40. The Kier molecular flexibility index (Phi) is 4.83. The predicted molar refractivity (Wildman–Crippen MR) is 116 cm³/mol. The summed E-state index contributed by atoms with van der Waals surface area (Å²) in [6, 6.07) is 11.9. The second-order valence-electron chi connectivity index (χ2n) is 10.1. The molecule has 6 rings (SSSR count). The lowest BCUT2D eigenvalue weighted by Crippen LogP contribution is -2.47. The number of aromatic nitrogens is 1. The molecule has 0 saturated heterocycles.